The maximum absolute atomic E-state index is 12.3. The lowest BCUT2D eigenvalue weighted by Crippen LogP contribution is -2.39. The number of aromatic nitrogens is 3. The van der Waals surface area contributed by atoms with E-state index in [0.29, 0.717) is 12.3 Å². The predicted molar refractivity (Wildman–Crippen MR) is 89.4 cm³/mol. The Hall–Kier alpha value is -2.74. The summed E-state index contributed by atoms with van der Waals surface area (Å²) in [6.45, 7) is 4.24. The van der Waals surface area contributed by atoms with Gasteiger partial charge < -0.3 is 15.2 Å². The van der Waals surface area contributed by atoms with Gasteiger partial charge in [0.1, 0.15) is 12.2 Å². The smallest absolute Gasteiger partial charge is 0.325 e. The molecule has 2 N–H and O–H groups in total. The Bertz CT molecular complexity index is 712. The average molecular weight is 346 g/mol. The zero-order valence-corrected chi connectivity index (χ0v) is 14.3. The molecule has 0 atom stereocenters. The van der Waals surface area contributed by atoms with Crippen LogP contribution in [0, 0.1) is 5.41 Å². The van der Waals surface area contributed by atoms with E-state index in [2.05, 4.69) is 15.6 Å². The number of aliphatic carboxylic acids is 1. The molecular weight excluding hydrogens is 324 g/mol. The highest BCUT2D eigenvalue weighted by atomic mass is 16.5. The van der Waals surface area contributed by atoms with E-state index in [1.807, 2.05) is 30.3 Å². The number of nitrogens with one attached hydrogen (secondary N) is 1. The van der Waals surface area contributed by atoms with Gasteiger partial charge in [-0.25, -0.2) is 4.68 Å². The molecule has 0 spiro atoms. The lowest BCUT2D eigenvalue weighted by Gasteiger charge is -2.23. The standard InChI is InChI=1S/C17H22N4O4/c1-17(2,12-25-11-13-6-4-3-5-7-13)16(24)18-8-14-9-21(20-19-14)10-15(22)23/h3-7,9H,8,10-12H2,1-2H3,(H,18,24)(H,22,23). The SMILES string of the molecule is CC(C)(COCc1ccccc1)C(=O)NCc1cn(CC(=O)O)nn1. The minimum absolute atomic E-state index is 0.173. The van der Waals surface area contributed by atoms with Crippen molar-refractivity contribution in [1.29, 1.82) is 0 Å². The molecule has 2 aromatic rings. The molecule has 0 bridgehead atoms. The quantitative estimate of drug-likeness (QED) is 0.707. The number of carboxylic acid groups (broad SMARTS) is 1. The molecule has 0 aliphatic carbocycles. The summed E-state index contributed by atoms with van der Waals surface area (Å²) < 4.78 is 6.85. The van der Waals surface area contributed by atoms with E-state index in [9.17, 15) is 9.59 Å². The first-order chi connectivity index (χ1) is 11.9. The Kier molecular flexibility index (Phi) is 6.24. The first-order valence-electron chi connectivity index (χ1n) is 7.87. The molecule has 1 heterocycles. The second-order valence-electron chi connectivity index (χ2n) is 6.35. The predicted octanol–water partition coefficient (Wildman–Crippen LogP) is 1.22. The number of hydrogen-bond acceptors (Lipinski definition) is 5. The first-order valence-corrected chi connectivity index (χ1v) is 7.87. The van der Waals surface area contributed by atoms with Crippen molar-refractivity contribution in [3.63, 3.8) is 0 Å². The molecule has 8 nitrogen and oxygen atoms in total. The van der Waals surface area contributed by atoms with Crippen molar-refractivity contribution in [2.45, 2.75) is 33.5 Å². The monoisotopic (exact) mass is 346 g/mol. The molecule has 0 saturated heterocycles. The molecule has 0 aliphatic heterocycles. The lowest BCUT2D eigenvalue weighted by molar-refractivity contribution is -0.138. The summed E-state index contributed by atoms with van der Waals surface area (Å²) in [7, 11) is 0. The summed E-state index contributed by atoms with van der Waals surface area (Å²) in [6, 6.07) is 9.75. The molecular formula is C17H22N4O4. The summed E-state index contributed by atoms with van der Waals surface area (Å²) in [5.41, 5.74) is 0.843. The van der Waals surface area contributed by atoms with Crippen molar-refractivity contribution in [3.8, 4) is 0 Å². The number of nitrogens with zero attached hydrogens (tertiary/aromatic N) is 3. The average Bonchev–Trinajstić information content (AvgIpc) is 3.00. The van der Waals surface area contributed by atoms with Crippen LogP contribution in [-0.4, -0.2) is 38.6 Å². The highest BCUT2D eigenvalue weighted by Crippen LogP contribution is 2.17. The van der Waals surface area contributed by atoms with Gasteiger partial charge in [0, 0.05) is 0 Å². The number of hydrogen-bond donors (Lipinski definition) is 2. The molecule has 0 unspecified atom stereocenters. The highest BCUT2D eigenvalue weighted by molar-refractivity contribution is 5.81. The van der Waals surface area contributed by atoms with Crippen LogP contribution < -0.4 is 5.32 Å². The maximum atomic E-state index is 12.3. The molecule has 0 saturated carbocycles. The van der Waals surface area contributed by atoms with Crippen LogP contribution in [0.15, 0.2) is 36.5 Å². The summed E-state index contributed by atoms with van der Waals surface area (Å²) in [5, 5.41) is 19.0. The summed E-state index contributed by atoms with van der Waals surface area (Å²) >= 11 is 0. The van der Waals surface area contributed by atoms with Gasteiger partial charge in [-0.05, 0) is 19.4 Å². The van der Waals surface area contributed by atoms with Crippen molar-refractivity contribution >= 4 is 11.9 Å². The fraction of sp³-hybridized carbons (Fsp3) is 0.412. The number of carbonyl (C=O) groups is 2. The number of rotatable bonds is 9. The zero-order chi connectivity index (χ0) is 18.3. The third-order valence-electron chi connectivity index (χ3n) is 3.50. The number of ether oxygens (including phenoxy) is 1. The van der Waals surface area contributed by atoms with Crippen LogP contribution in [-0.2, 0) is 34.0 Å². The van der Waals surface area contributed by atoms with Crippen molar-refractivity contribution in [2.24, 2.45) is 5.41 Å². The summed E-state index contributed by atoms with van der Waals surface area (Å²) in [4.78, 5) is 22.9. The number of carboxylic acids is 1. The topological polar surface area (TPSA) is 106 Å². The van der Waals surface area contributed by atoms with Crippen LogP contribution >= 0.6 is 0 Å². The van der Waals surface area contributed by atoms with Crippen LogP contribution in [0.2, 0.25) is 0 Å². The van der Waals surface area contributed by atoms with E-state index in [1.165, 1.54) is 10.9 Å². The van der Waals surface area contributed by atoms with Crippen LogP contribution in [0.3, 0.4) is 0 Å². The third-order valence-corrected chi connectivity index (χ3v) is 3.50. The number of amides is 1. The number of carbonyl (C=O) groups excluding carboxylic acids is 1. The lowest BCUT2D eigenvalue weighted by atomic mass is 9.93. The molecule has 1 amide bonds. The normalized spacial score (nSPS) is 11.3. The molecule has 134 valence electrons. The third kappa shape index (κ3) is 6.00. The van der Waals surface area contributed by atoms with Gasteiger partial charge in [-0.3, -0.25) is 9.59 Å². The minimum atomic E-state index is -1.00. The number of benzene rings is 1. The van der Waals surface area contributed by atoms with E-state index in [4.69, 9.17) is 9.84 Å². The van der Waals surface area contributed by atoms with Gasteiger partial charge in [-0.2, -0.15) is 0 Å². The Morgan fingerprint density at radius 3 is 2.68 bits per heavy atom. The van der Waals surface area contributed by atoms with Crippen LogP contribution in [0.25, 0.3) is 0 Å². The highest BCUT2D eigenvalue weighted by Gasteiger charge is 2.28. The van der Waals surface area contributed by atoms with Gasteiger partial charge in [-0.15, -0.1) is 5.10 Å². The van der Waals surface area contributed by atoms with Crippen molar-refractivity contribution < 1.29 is 19.4 Å². The molecule has 0 aliphatic rings. The molecule has 1 aromatic carbocycles. The summed E-state index contributed by atoms with van der Waals surface area (Å²) in [5.74, 6) is -1.18. The Balaban J connectivity index is 1.78. The van der Waals surface area contributed by atoms with Crippen LogP contribution in [0.1, 0.15) is 25.1 Å². The Morgan fingerprint density at radius 2 is 2.00 bits per heavy atom. The van der Waals surface area contributed by atoms with Gasteiger partial charge in [0.2, 0.25) is 5.91 Å². The van der Waals surface area contributed by atoms with Gasteiger partial charge in [0.05, 0.1) is 31.4 Å². The first kappa shape index (κ1) is 18.6. The van der Waals surface area contributed by atoms with Crippen molar-refractivity contribution in [2.75, 3.05) is 6.61 Å². The molecule has 1 aromatic heterocycles. The van der Waals surface area contributed by atoms with Crippen LogP contribution in [0.4, 0.5) is 0 Å². The van der Waals surface area contributed by atoms with E-state index < -0.39 is 11.4 Å². The summed E-state index contributed by atoms with van der Waals surface area (Å²) in [6.07, 6.45) is 1.49. The molecule has 25 heavy (non-hydrogen) atoms. The molecule has 0 radical (unpaired) electrons. The van der Waals surface area contributed by atoms with Crippen molar-refractivity contribution in [1.82, 2.24) is 20.3 Å². The van der Waals surface area contributed by atoms with Crippen LogP contribution in [0.5, 0.6) is 0 Å². The molecule has 2 rings (SSSR count). The van der Waals surface area contributed by atoms with Gasteiger partial charge >= 0.3 is 5.97 Å². The Labute approximate surface area is 145 Å². The zero-order valence-electron chi connectivity index (χ0n) is 14.3. The minimum Gasteiger partial charge on any atom is -0.480 e. The second-order valence-corrected chi connectivity index (χ2v) is 6.35. The largest absolute Gasteiger partial charge is 0.480 e. The second kappa shape index (κ2) is 8.39. The van der Waals surface area contributed by atoms with E-state index in [0.717, 1.165) is 5.56 Å². The van der Waals surface area contributed by atoms with Gasteiger partial charge in [-0.1, -0.05) is 35.5 Å². The Morgan fingerprint density at radius 1 is 1.28 bits per heavy atom. The van der Waals surface area contributed by atoms with Crippen molar-refractivity contribution in [3.05, 3.63) is 47.8 Å². The van der Waals surface area contributed by atoms with Gasteiger partial charge in [0.15, 0.2) is 0 Å². The van der Waals surface area contributed by atoms with E-state index in [-0.39, 0.29) is 25.6 Å². The molecule has 0 fully saturated rings. The fourth-order valence-electron chi connectivity index (χ4n) is 2.11. The maximum Gasteiger partial charge on any atom is 0.325 e. The van der Waals surface area contributed by atoms with E-state index >= 15 is 0 Å². The fourth-order valence-corrected chi connectivity index (χ4v) is 2.11. The van der Waals surface area contributed by atoms with Gasteiger partial charge in [0.25, 0.3) is 0 Å². The van der Waals surface area contributed by atoms with E-state index in [1.54, 1.807) is 13.8 Å². The molecule has 8 heteroatoms.